The van der Waals surface area contributed by atoms with Gasteiger partial charge in [-0.1, -0.05) is 30.3 Å². The fourth-order valence-corrected chi connectivity index (χ4v) is 6.38. The molecular weight excluding hydrogens is 434 g/mol. The Morgan fingerprint density at radius 3 is 2.76 bits per heavy atom. The summed E-state index contributed by atoms with van der Waals surface area (Å²) >= 11 is 7.24. The third-order valence-corrected chi connectivity index (χ3v) is 7.91. The van der Waals surface area contributed by atoms with Crippen LogP contribution >= 0.6 is 23.4 Å². The molecule has 1 aliphatic heterocycles. The van der Waals surface area contributed by atoms with Crippen molar-refractivity contribution in [2.24, 2.45) is 0 Å². The number of rotatable bonds is 7. The maximum Gasteiger partial charge on any atom is 0.262 e. The molecule has 2 heterocycles. The Bertz CT molecular complexity index is 1080. The van der Waals surface area contributed by atoms with Crippen LogP contribution in [-0.2, 0) is 21.2 Å². The van der Waals surface area contributed by atoms with Gasteiger partial charge in [0.05, 0.1) is 28.2 Å². The zero-order chi connectivity index (χ0) is 21.2. The number of fused-ring (bicyclic) bond motifs is 1. The number of sulfone groups is 1. The molecule has 1 saturated heterocycles. The predicted molar refractivity (Wildman–Crippen MR) is 116 cm³/mol. The van der Waals surface area contributed by atoms with Gasteiger partial charge in [-0.2, -0.15) is 0 Å². The fraction of sp³-hybridized carbons (Fsp3) is 0.526. The maximum atomic E-state index is 12.9. The zero-order valence-electron chi connectivity index (χ0n) is 16.4. The van der Waals surface area contributed by atoms with E-state index in [1.165, 1.54) is 11.8 Å². The number of nitrogens with zero attached hydrogens (tertiary/aromatic N) is 3. The van der Waals surface area contributed by atoms with Gasteiger partial charge in [0.15, 0.2) is 15.0 Å². The fourth-order valence-electron chi connectivity index (χ4n) is 3.57. The summed E-state index contributed by atoms with van der Waals surface area (Å²) in [6.45, 7) is 4.76. The van der Waals surface area contributed by atoms with E-state index < -0.39 is 9.84 Å². The highest BCUT2D eigenvalue weighted by Crippen LogP contribution is 2.23. The van der Waals surface area contributed by atoms with Gasteiger partial charge in [-0.15, -0.1) is 0 Å². The second-order valence-electron chi connectivity index (χ2n) is 7.04. The van der Waals surface area contributed by atoms with Crippen molar-refractivity contribution in [2.75, 3.05) is 23.8 Å². The van der Waals surface area contributed by atoms with Gasteiger partial charge in [0.1, 0.15) is 0 Å². The molecule has 1 fully saturated rings. The van der Waals surface area contributed by atoms with Gasteiger partial charge in [0.25, 0.3) is 5.56 Å². The third kappa shape index (κ3) is 4.95. The number of benzene rings is 1. The first-order chi connectivity index (χ1) is 13.8. The van der Waals surface area contributed by atoms with Crippen molar-refractivity contribution >= 4 is 50.0 Å². The van der Waals surface area contributed by atoms with E-state index in [4.69, 9.17) is 11.6 Å². The lowest BCUT2D eigenvalue weighted by molar-refractivity contribution is -0.129. The molecule has 158 valence electrons. The van der Waals surface area contributed by atoms with Gasteiger partial charge >= 0.3 is 0 Å². The molecular formula is C19H24ClN3O4S2. The highest BCUT2D eigenvalue weighted by Gasteiger charge is 2.33. The van der Waals surface area contributed by atoms with E-state index in [9.17, 15) is 18.0 Å². The number of hydrogen-bond donors (Lipinski definition) is 0. The molecule has 1 unspecified atom stereocenters. The SMILES string of the molecule is CCCn1c(SCC(=O)N(CC)C2CCS(=O)(=O)C2)nc2cc(Cl)ccc2c1=O. The Balaban J connectivity index is 1.84. The summed E-state index contributed by atoms with van der Waals surface area (Å²) in [4.78, 5) is 31.9. The first kappa shape index (κ1) is 22.1. The molecule has 0 N–H and O–H groups in total. The van der Waals surface area contributed by atoms with Crippen molar-refractivity contribution in [3.8, 4) is 0 Å². The van der Waals surface area contributed by atoms with Gasteiger partial charge in [-0.3, -0.25) is 14.2 Å². The van der Waals surface area contributed by atoms with E-state index in [2.05, 4.69) is 4.98 Å². The van der Waals surface area contributed by atoms with Gasteiger partial charge in [-0.25, -0.2) is 13.4 Å². The molecule has 1 aromatic carbocycles. The molecule has 29 heavy (non-hydrogen) atoms. The van der Waals surface area contributed by atoms with E-state index in [1.54, 1.807) is 27.7 Å². The smallest absolute Gasteiger partial charge is 0.262 e. The lowest BCUT2D eigenvalue weighted by Crippen LogP contribution is -2.42. The van der Waals surface area contributed by atoms with Crippen molar-refractivity contribution in [3.05, 3.63) is 33.6 Å². The Morgan fingerprint density at radius 2 is 2.14 bits per heavy atom. The Labute approximate surface area is 179 Å². The van der Waals surface area contributed by atoms with Crippen LogP contribution in [0.25, 0.3) is 10.9 Å². The number of thioether (sulfide) groups is 1. The first-order valence-electron chi connectivity index (χ1n) is 9.58. The van der Waals surface area contributed by atoms with Crippen LogP contribution in [0.1, 0.15) is 26.7 Å². The van der Waals surface area contributed by atoms with Crippen LogP contribution in [0.15, 0.2) is 28.2 Å². The van der Waals surface area contributed by atoms with E-state index in [1.807, 2.05) is 13.8 Å². The van der Waals surface area contributed by atoms with Crippen molar-refractivity contribution < 1.29 is 13.2 Å². The van der Waals surface area contributed by atoms with Gasteiger partial charge < -0.3 is 4.90 Å². The molecule has 1 aromatic heterocycles. The first-order valence-corrected chi connectivity index (χ1v) is 12.8. The van der Waals surface area contributed by atoms with E-state index in [-0.39, 0.29) is 34.8 Å². The monoisotopic (exact) mass is 457 g/mol. The third-order valence-electron chi connectivity index (χ3n) is 4.96. The van der Waals surface area contributed by atoms with Crippen molar-refractivity contribution in [3.63, 3.8) is 0 Å². The van der Waals surface area contributed by atoms with Crippen molar-refractivity contribution in [1.29, 1.82) is 0 Å². The molecule has 0 bridgehead atoms. The molecule has 0 saturated carbocycles. The number of carbonyl (C=O) groups is 1. The van der Waals surface area contributed by atoms with Gasteiger partial charge in [0.2, 0.25) is 5.91 Å². The molecule has 3 rings (SSSR count). The van der Waals surface area contributed by atoms with E-state index in [0.717, 1.165) is 6.42 Å². The summed E-state index contributed by atoms with van der Waals surface area (Å²) in [5.74, 6) is 0.0810. The summed E-state index contributed by atoms with van der Waals surface area (Å²) < 4.78 is 25.1. The molecule has 0 radical (unpaired) electrons. The largest absolute Gasteiger partial charge is 0.338 e. The summed E-state index contributed by atoms with van der Waals surface area (Å²) in [5, 5.41) is 1.45. The van der Waals surface area contributed by atoms with Crippen LogP contribution in [-0.4, -0.2) is 58.6 Å². The minimum atomic E-state index is -3.07. The average Bonchev–Trinajstić information content (AvgIpc) is 3.02. The molecule has 2 aromatic rings. The molecule has 1 aliphatic rings. The molecule has 10 heteroatoms. The zero-order valence-corrected chi connectivity index (χ0v) is 18.8. The highest BCUT2D eigenvalue weighted by molar-refractivity contribution is 7.99. The lowest BCUT2D eigenvalue weighted by Gasteiger charge is -2.26. The van der Waals surface area contributed by atoms with Crippen LogP contribution in [0.2, 0.25) is 5.02 Å². The molecule has 0 spiro atoms. The molecule has 1 atom stereocenters. The van der Waals surface area contributed by atoms with Crippen LogP contribution in [0, 0.1) is 0 Å². The van der Waals surface area contributed by atoms with Crippen molar-refractivity contribution in [2.45, 2.75) is 44.4 Å². The summed E-state index contributed by atoms with van der Waals surface area (Å²) in [6.07, 6.45) is 1.23. The van der Waals surface area contributed by atoms with E-state index in [0.29, 0.717) is 40.6 Å². The number of carbonyl (C=O) groups excluding carboxylic acids is 1. The number of amides is 1. The average molecular weight is 458 g/mol. The lowest BCUT2D eigenvalue weighted by atomic mass is 10.2. The van der Waals surface area contributed by atoms with Crippen LogP contribution in [0.5, 0.6) is 0 Å². The van der Waals surface area contributed by atoms with Crippen LogP contribution in [0.3, 0.4) is 0 Å². The quantitative estimate of drug-likeness (QED) is 0.469. The highest BCUT2D eigenvalue weighted by atomic mass is 35.5. The standard InChI is InChI=1S/C19H24ClN3O4S2/c1-3-8-23-18(25)15-6-5-13(20)10-16(15)21-19(23)28-11-17(24)22(4-2)14-7-9-29(26,27)12-14/h5-6,10,14H,3-4,7-9,11-12H2,1-2H3. The van der Waals surface area contributed by atoms with Gasteiger partial charge in [0, 0.05) is 24.2 Å². The van der Waals surface area contributed by atoms with Crippen LogP contribution in [0.4, 0.5) is 0 Å². The maximum absolute atomic E-state index is 12.9. The normalized spacial score (nSPS) is 18.2. The van der Waals surface area contributed by atoms with E-state index >= 15 is 0 Å². The second kappa shape index (κ2) is 9.06. The minimum Gasteiger partial charge on any atom is -0.338 e. The topological polar surface area (TPSA) is 89.3 Å². The van der Waals surface area contributed by atoms with Crippen LogP contribution < -0.4 is 5.56 Å². The summed E-state index contributed by atoms with van der Waals surface area (Å²) in [7, 11) is -3.07. The molecule has 7 nitrogen and oxygen atoms in total. The minimum absolute atomic E-state index is 0.0184. The van der Waals surface area contributed by atoms with Gasteiger partial charge in [-0.05, 0) is 38.0 Å². The molecule has 0 aliphatic carbocycles. The summed E-state index contributed by atoms with van der Waals surface area (Å²) in [6, 6.07) is 4.69. The summed E-state index contributed by atoms with van der Waals surface area (Å²) in [5.41, 5.74) is 0.344. The number of aromatic nitrogens is 2. The number of halogens is 1. The Kier molecular flexibility index (Phi) is 6.90. The number of hydrogen-bond acceptors (Lipinski definition) is 6. The Morgan fingerprint density at radius 1 is 1.38 bits per heavy atom. The predicted octanol–water partition coefficient (Wildman–Crippen LogP) is 2.59. The Hall–Kier alpha value is -1.58. The second-order valence-corrected chi connectivity index (χ2v) is 10.6. The van der Waals surface area contributed by atoms with Crippen molar-refractivity contribution in [1.82, 2.24) is 14.5 Å². The molecule has 1 amide bonds.